The van der Waals surface area contributed by atoms with Gasteiger partial charge in [-0.25, -0.2) is 9.97 Å². The van der Waals surface area contributed by atoms with Crippen LogP contribution in [0.3, 0.4) is 0 Å². The van der Waals surface area contributed by atoms with Gasteiger partial charge in [0.25, 0.3) is 0 Å². The average Bonchev–Trinajstić information content (AvgIpc) is 3.53. The Balaban J connectivity index is 1.49. The molecule has 0 atom stereocenters. The molecule has 0 fully saturated rings. The molecule has 0 aliphatic heterocycles. The fourth-order valence-electron chi connectivity index (χ4n) is 6.06. The van der Waals surface area contributed by atoms with E-state index in [4.69, 9.17) is 0 Å². The second kappa shape index (κ2) is 9.97. The summed E-state index contributed by atoms with van der Waals surface area (Å²) >= 11 is 0. The zero-order chi connectivity index (χ0) is 30.5. The fourth-order valence-corrected chi connectivity index (χ4v) is 6.06. The van der Waals surface area contributed by atoms with E-state index in [1.165, 1.54) is 24.5 Å². The van der Waals surface area contributed by atoms with E-state index >= 15 is 0 Å². The van der Waals surface area contributed by atoms with Crippen molar-refractivity contribution < 1.29 is 8.78 Å². The lowest BCUT2D eigenvalue weighted by molar-refractivity contribution is 0.584. The number of benzene rings is 3. The quantitative estimate of drug-likeness (QED) is 0.155. The fraction of sp³-hybridized carbons (Fsp3) is 0. The van der Waals surface area contributed by atoms with Gasteiger partial charge in [0.15, 0.2) is 0 Å². The number of hydrogen-bond acceptors (Lipinski definition) is 6. The number of nitrogens with zero attached hydrogens (tertiary/aromatic N) is 6. The molecule has 0 radical (unpaired) electrons. The Morgan fingerprint density at radius 2 is 0.795 bits per heavy atom. The van der Waals surface area contributed by atoms with Gasteiger partial charge in [-0.15, -0.1) is 0 Å². The number of pyridine rings is 2. The van der Waals surface area contributed by atoms with Gasteiger partial charge >= 0.3 is 0 Å². The summed E-state index contributed by atoms with van der Waals surface area (Å²) in [5.74, 6) is -1.26. The number of fused-ring (bicyclic) bond motifs is 6. The normalized spacial score (nSPS) is 11.7. The molecule has 8 heteroatoms. The summed E-state index contributed by atoms with van der Waals surface area (Å²) in [7, 11) is 0. The van der Waals surface area contributed by atoms with E-state index in [0.29, 0.717) is 55.7 Å². The van der Waals surface area contributed by atoms with Crippen LogP contribution in [0.15, 0.2) is 96.3 Å². The van der Waals surface area contributed by atoms with Crippen LogP contribution in [0.1, 0.15) is 22.3 Å². The first-order valence-electron chi connectivity index (χ1n) is 13.3. The predicted octanol–water partition coefficient (Wildman–Crippen LogP) is 7.75. The summed E-state index contributed by atoms with van der Waals surface area (Å²) in [6.45, 7) is 0. The highest BCUT2D eigenvalue weighted by atomic mass is 19.1. The third kappa shape index (κ3) is 3.88. The van der Waals surface area contributed by atoms with E-state index in [2.05, 4.69) is 9.97 Å². The zero-order valence-corrected chi connectivity index (χ0v) is 22.5. The molecule has 2 aliphatic rings. The van der Waals surface area contributed by atoms with Crippen molar-refractivity contribution >= 4 is 11.1 Å². The first kappa shape index (κ1) is 26.2. The lowest BCUT2D eigenvalue weighted by atomic mass is 9.93. The van der Waals surface area contributed by atoms with Crippen LogP contribution >= 0.6 is 0 Å². The van der Waals surface area contributed by atoms with Crippen molar-refractivity contribution in [3.8, 4) is 68.8 Å². The predicted molar refractivity (Wildman–Crippen MR) is 158 cm³/mol. The highest BCUT2D eigenvalue weighted by Crippen LogP contribution is 2.54. The van der Waals surface area contributed by atoms with E-state index in [1.54, 1.807) is 12.1 Å². The molecule has 0 saturated heterocycles. The van der Waals surface area contributed by atoms with Crippen LogP contribution in [-0.2, 0) is 0 Å². The number of aromatic nitrogens is 2. The van der Waals surface area contributed by atoms with E-state index in [0.717, 1.165) is 22.3 Å². The third-order valence-corrected chi connectivity index (χ3v) is 7.92. The molecule has 5 aromatic rings. The average molecular weight is 569 g/mol. The van der Waals surface area contributed by atoms with Crippen LogP contribution in [0.25, 0.3) is 55.7 Å². The van der Waals surface area contributed by atoms with E-state index in [9.17, 15) is 29.8 Å². The smallest absolute Gasteiger partial charge is 0.213 e. The Morgan fingerprint density at radius 1 is 0.432 bits per heavy atom. The van der Waals surface area contributed by atoms with Crippen molar-refractivity contribution in [2.75, 3.05) is 0 Å². The highest BCUT2D eigenvalue weighted by molar-refractivity contribution is 6.11. The molecule has 2 heterocycles. The minimum atomic E-state index is -0.630. The molecule has 44 heavy (non-hydrogen) atoms. The van der Waals surface area contributed by atoms with Gasteiger partial charge in [-0.2, -0.15) is 29.8 Å². The molecule has 0 spiro atoms. The number of halogens is 2. The Morgan fingerprint density at radius 3 is 1.16 bits per heavy atom. The molecular formula is C36H14F2N6. The molecule has 0 bridgehead atoms. The third-order valence-electron chi connectivity index (χ3n) is 7.92. The van der Waals surface area contributed by atoms with Crippen molar-refractivity contribution in [1.82, 2.24) is 9.97 Å². The number of nitriles is 4. The van der Waals surface area contributed by atoms with Crippen molar-refractivity contribution in [3.05, 3.63) is 130 Å². The summed E-state index contributed by atoms with van der Waals surface area (Å²) in [5.41, 5.74) is 8.79. The summed E-state index contributed by atoms with van der Waals surface area (Å²) < 4.78 is 27.9. The monoisotopic (exact) mass is 568 g/mol. The molecule has 3 aromatic carbocycles. The van der Waals surface area contributed by atoms with E-state index in [1.807, 2.05) is 72.8 Å². The molecular weight excluding hydrogens is 554 g/mol. The van der Waals surface area contributed by atoms with Gasteiger partial charge in [0.05, 0.1) is 0 Å². The maximum absolute atomic E-state index is 13.9. The van der Waals surface area contributed by atoms with Gasteiger partial charge in [0.2, 0.25) is 11.9 Å². The number of rotatable bonds is 2. The van der Waals surface area contributed by atoms with Gasteiger partial charge in [-0.1, -0.05) is 24.3 Å². The largest absolute Gasteiger partial charge is 0.228 e. The Kier molecular flexibility index (Phi) is 5.93. The summed E-state index contributed by atoms with van der Waals surface area (Å²) in [6, 6.07) is 28.8. The summed E-state index contributed by atoms with van der Waals surface area (Å²) in [6.07, 6.45) is 2.74. The number of allylic oxidation sites excluding steroid dienone is 2. The summed E-state index contributed by atoms with van der Waals surface area (Å²) in [5, 5.41) is 39.8. The van der Waals surface area contributed by atoms with Crippen LogP contribution in [0, 0.1) is 57.2 Å². The Labute approximate surface area is 250 Å². The lowest BCUT2D eigenvalue weighted by Gasteiger charge is -2.08. The second-order valence-corrected chi connectivity index (χ2v) is 10.1. The van der Waals surface area contributed by atoms with Gasteiger partial charge < -0.3 is 0 Å². The second-order valence-electron chi connectivity index (χ2n) is 10.1. The number of hydrogen-bond donors (Lipinski definition) is 0. The molecule has 7 rings (SSSR count). The first-order valence-corrected chi connectivity index (χ1v) is 13.3. The van der Waals surface area contributed by atoms with Crippen LogP contribution in [0.4, 0.5) is 8.78 Å². The SMILES string of the molecule is N#CC(C#N)=C1c2cc(-c3ccnc(F)c3)ccc2-c2cc3c(cc21)-c1ccc(-c2ccnc(F)c2)cc1C3=C(C#N)C#N. The van der Waals surface area contributed by atoms with Crippen LogP contribution < -0.4 is 0 Å². The van der Waals surface area contributed by atoms with Crippen LogP contribution in [0.5, 0.6) is 0 Å². The van der Waals surface area contributed by atoms with Crippen LogP contribution in [-0.4, -0.2) is 9.97 Å². The van der Waals surface area contributed by atoms with Gasteiger partial charge in [-0.05, 0) is 103 Å². The Bertz CT molecular complexity index is 2160. The van der Waals surface area contributed by atoms with E-state index in [-0.39, 0.29) is 11.1 Å². The lowest BCUT2D eigenvalue weighted by Crippen LogP contribution is -1.91. The molecule has 0 saturated carbocycles. The van der Waals surface area contributed by atoms with Crippen LogP contribution in [0.2, 0.25) is 0 Å². The summed E-state index contributed by atoms with van der Waals surface area (Å²) in [4.78, 5) is 7.25. The molecule has 0 N–H and O–H groups in total. The minimum absolute atomic E-state index is 0.0817. The maximum atomic E-state index is 13.9. The molecule has 0 amide bonds. The zero-order valence-electron chi connectivity index (χ0n) is 22.5. The molecule has 2 aliphatic carbocycles. The minimum Gasteiger partial charge on any atom is -0.228 e. The van der Waals surface area contributed by atoms with Gasteiger partial charge in [-0.3, -0.25) is 0 Å². The Hall–Kier alpha value is -6.74. The molecule has 0 unspecified atom stereocenters. The molecule has 202 valence electrons. The van der Waals surface area contributed by atoms with E-state index < -0.39 is 11.9 Å². The standard InChI is InChI=1S/C36H14F2N6/c37-33-11-21(5-7-43-33)19-1-3-25-27-13-32-28(14-31(27)35(29(25)9-19)23(15-39)16-40)26-4-2-20(22-6-8-44-34(38)12-22)10-30(26)36(32)24(17-41)18-42/h1-14H. The van der Waals surface area contributed by atoms with Crippen molar-refractivity contribution in [2.45, 2.75) is 0 Å². The van der Waals surface area contributed by atoms with Gasteiger partial charge in [0.1, 0.15) is 35.4 Å². The first-order chi connectivity index (χ1) is 21.4. The van der Waals surface area contributed by atoms with Crippen molar-refractivity contribution in [2.24, 2.45) is 0 Å². The topological polar surface area (TPSA) is 121 Å². The van der Waals surface area contributed by atoms with Crippen molar-refractivity contribution in [3.63, 3.8) is 0 Å². The highest BCUT2D eigenvalue weighted by Gasteiger charge is 2.34. The van der Waals surface area contributed by atoms with Gasteiger partial charge in [0, 0.05) is 35.7 Å². The maximum Gasteiger partial charge on any atom is 0.213 e. The molecule has 2 aromatic heterocycles. The van der Waals surface area contributed by atoms with Crippen molar-refractivity contribution in [1.29, 1.82) is 21.0 Å². The molecule has 6 nitrogen and oxygen atoms in total.